The van der Waals surface area contributed by atoms with Crippen LogP contribution in [-0.4, -0.2) is 27.9 Å². The van der Waals surface area contributed by atoms with Crippen molar-refractivity contribution in [3.05, 3.63) is 42.0 Å². The Bertz CT molecular complexity index is 856. The molecule has 8 heteroatoms. The Balaban J connectivity index is 1.44. The van der Waals surface area contributed by atoms with Crippen molar-refractivity contribution in [2.24, 2.45) is 5.73 Å². The summed E-state index contributed by atoms with van der Waals surface area (Å²) in [6, 6.07) is 7.17. The van der Waals surface area contributed by atoms with Crippen LogP contribution in [0.1, 0.15) is 25.7 Å². The molecule has 3 amide bonds. The quantitative estimate of drug-likeness (QED) is 0.530. The number of hydrogen-bond acceptors (Lipinski definition) is 4. The number of thiazole rings is 1. The molecule has 2 aromatic heterocycles. The lowest BCUT2D eigenvalue weighted by molar-refractivity contribution is -0.116. The van der Waals surface area contributed by atoms with Crippen LogP contribution >= 0.6 is 11.3 Å². The first kappa shape index (κ1) is 17.9. The number of unbranched alkanes of at least 4 members (excludes halogenated alkanes) is 2. The van der Waals surface area contributed by atoms with Gasteiger partial charge >= 0.3 is 6.03 Å². The van der Waals surface area contributed by atoms with Gasteiger partial charge in [0.2, 0.25) is 5.91 Å². The van der Waals surface area contributed by atoms with E-state index in [1.165, 1.54) is 0 Å². The van der Waals surface area contributed by atoms with Gasteiger partial charge in [-0.25, -0.2) is 9.78 Å². The maximum Gasteiger partial charge on any atom is 0.312 e. The molecular formula is C18H21N5O2S. The van der Waals surface area contributed by atoms with Crippen molar-refractivity contribution >= 4 is 33.9 Å². The molecule has 0 saturated heterocycles. The van der Waals surface area contributed by atoms with Gasteiger partial charge in [-0.15, -0.1) is 11.3 Å². The molecule has 136 valence electrons. The van der Waals surface area contributed by atoms with E-state index in [1.807, 2.05) is 46.4 Å². The minimum Gasteiger partial charge on any atom is -0.352 e. The zero-order valence-corrected chi connectivity index (χ0v) is 15.1. The fraction of sp³-hybridized carbons (Fsp3) is 0.278. The highest BCUT2D eigenvalue weighted by Crippen LogP contribution is 2.23. The number of nitrogens with two attached hydrogens (primary N) is 1. The third-order valence-corrected chi connectivity index (χ3v) is 4.71. The first-order valence-corrected chi connectivity index (χ1v) is 9.35. The lowest BCUT2D eigenvalue weighted by Gasteiger charge is -2.06. The van der Waals surface area contributed by atoms with E-state index in [0.29, 0.717) is 13.0 Å². The Hall–Kier alpha value is -2.87. The van der Waals surface area contributed by atoms with Crippen molar-refractivity contribution in [3.63, 3.8) is 0 Å². The summed E-state index contributed by atoms with van der Waals surface area (Å²) in [4.78, 5) is 28.0. The molecule has 0 aliphatic rings. The van der Waals surface area contributed by atoms with Gasteiger partial charge in [-0.2, -0.15) is 0 Å². The average molecular weight is 371 g/mol. The number of nitrogens with zero attached hydrogens (tertiary/aromatic N) is 2. The van der Waals surface area contributed by atoms with Crippen LogP contribution in [0.4, 0.5) is 10.5 Å². The van der Waals surface area contributed by atoms with E-state index in [4.69, 9.17) is 5.73 Å². The Morgan fingerprint density at radius 3 is 2.69 bits per heavy atom. The number of rotatable bonds is 8. The lowest BCUT2D eigenvalue weighted by atomic mass is 10.1. The number of primary amides is 1. The van der Waals surface area contributed by atoms with Gasteiger partial charge in [0.05, 0.1) is 5.69 Å². The summed E-state index contributed by atoms with van der Waals surface area (Å²) in [7, 11) is 0. The third kappa shape index (κ3) is 4.82. The molecule has 0 radical (unpaired) electrons. The van der Waals surface area contributed by atoms with Gasteiger partial charge < -0.3 is 16.4 Å². The van der Waals surface area contributed by atoms with E-state index < -0.39 is 6.03 Å². The van der Waals surface area contributed by atoms with Gasteiger partial charge in [0.1, 0.15) is 0 Å². The van der Waals surface area contributed by atoms with Gasteiger partial charge in [-0.1, -0.05) is 18.6 Å². The fourth-order valence-corrected chi connectivity index (χ4v) is 3.31. The number of nitrogens with one attached hydrogen (secondary N) is 2. The van der Waals surface area contributed by atoms with Gasteiger partial charge in [0.25, 0.3) is 0 Å². The lowest BCUT2D eigenvalue weighted by Crippen LogP contribution is -2.29. The topological polar surface area (TPSA) is 102 Å². The van der Waals surface area contributed by atoms with E-state index in [9.17, 15) is 9.59 Å². The van der Waals surface area contributed by atoms with E-state index in [2.05, 4.69) is 15.6 Å². The predicted octanol–water partition coefficient (Wildman–Crippen LogP) is 3.23. The summed E-state index contributed by atoms with van der Waals surface area (Å²) in [5.74, 6) is -0.0110. The number of benzene rings is 1. The number of urea groups is 1. The smallest absolute Gasteiger partial charge is 0.312 e. The second-order valence-electron chi connectivity index (χ2n) is 5.95. The van der Waals surface area contributed by atoms with Crippen LogP contribution in [0.25, 0.3) is 16.2 Å². The van der Waals surface area contributed by atoms with E-state index >= 15 is 0 Å². The van der Waals surface area contributed by atoms with E-state index in [-0.39, 0.29) is 5.91 Å². The molecule has 0 saturated carbocycles. The Kier molecular flexibility index (Phi) is 5.85. The zero-order chi connectivity index (χ0) is 18.4. The fourth-order valence-electron chi connectivity index (χ4n) is 2.61. The number of carbonyl (C=O) groups excluding carboxylic acids is 2. The molecular weight excluding hydrogens is 350 g/mol. The molecule has 1 aromatic carbocycles. The molecule has 4 N–H and O–H groups in total. The SMILES string of the molecule is NC(=O)NCCCCCC(=O)Nc1ccc(-c2cn3ccsc3n2)cc1. The Labute approximate surface area is 155 Å². The number of aromatic nitrogens is 2. The summed E-state index contributed by atoms with van der Waals surface area (Å²) in [5, 5.41) is 7.43. The first-order chi connectivity index (χ1) is 12.6. The molecule has 0 fully saturated rings. The first-order valence-electron chi connectivity index (χ1n) is 8.47. The maximum atomic E-state index is 12.0. The molecule has 0 spiro atoms. The van der Waals surface area contributed by atoms with Gasteiger partial charge in [0, 0.05) is 42.0 Å². The molecule has 0 unspecified atom stereocenters. The molecule has 2 heterocycles. The van der Waals surface area contributed by atoms with Crippen molar-refractivity contribution in [3.8, 4) is 11.3 Å². The van der Waals surface area contributed by atoms with Crippen LogP contribution in [0.15, 0.2) is 42.0 Å². The van der Waals surface area contributed by atoms with Crippen molar-refractivity contribution in [2.45, 2.75) is 25.7 Å². The zero-order valence-electron chi connectivity index (χ0n) is 14.3. The molecule has 3 aromatic rings. The molecule has 26 heavy (non-hydrogen) atoms. The van der Waals surface area contributed by atoms with Crippen molar-refractivity contribution in [1.29, 1.82) is 0 Å². The van der Waals surface area contributed by atoms with Crippen molar-refractivity contribution in [1.82, 2.24) is 14.7 Å². The minimum atomic E-state index is -0.512. The van der Waals surface area contributed by atoms with E-state index in [1.54, 1.807) is 11.3 Å². The molecule has 0 aliphatic carbocycles. The number of fused-ring (bicyclic) bond motifs is 1. The van der Waals surface area contributed by atoms with Crippen LogP contribution in [0.5, 0.6) is 0 Å². The molecule has 0 atom stereocenters. The van der Waals surface area contributed by atoms with Gasteiger partial charge in [-0.05, 0) is 25.0 Å². The summed E-state index contributed by atoms with van der Waals surface area (Å²) >= 11 is 1.60. The summed E-state index contributed by atoms with van der Waals surface area (Å²) in [5.41, 5.74) is 7.69. The number of anilines is 1. The third-order valence-electron chi connectivity index (χ3n) is 3.94. The summed E-state index contributed by atoms with van der Waals surface area (Å²) in [6.07, 6.45) is 6.88. The highest BCUT2D eigenvalue weighted by atomic mass is 32.1. The predicted molar refractivity (Wildman–Crippen MR) is 103 cm³/mol. The monoisotopic (exact) mass is 371 g/mol. The van der Waals surface area contributed by atoms with E-state index in [0.717, 1.165) is 41.2 Å². The standard InChI is InChI=1S/C18H21N5O2S/c19-17(25)20-9-3-1-2-4-16(24)21-14-7-5-13(6-8-14)15-12-23-10-11-26-18(23)22-15/h5-8,10-12H,1-4,9H2,(H,21,24)(H3,19,20,25). The molecule has 7 nitrogen and oxygen atoms in total. The minimum absolute atomic E-state index is 0.0110. The number of amides is 3. The largest absolute Gasteiger partial charge is 0.352 e. The number of hydrogen-bond donors (Lipinski definition) is 3. The highest BCUT2D eigenvalue weighted by Gasteiger charge is 2.06. The second-order valence-corrected chi connectivity index (χ2v) is 6.82. The maximum absolute atomic E-state index is 12.0. The Morgan fingerprint density at radius 1 is 1.15 bits per heavy atom. The van der Waals surface area contributed by atoms with Crippen molar-refractivity contribution in [2.75, 3.05) is 11.9 Å². The summed E-state index contributed by atoms with van der Waals surface area (Å²) in [6.45, 7) is 0.546. The molecule has 0 aliphatic heterocycles. The van der Waals surface area contributed by atoms with Crippen LogP contribution in [0.3, 0.4) is 0 Å². The molecule has 3 rings (SSSR count). The molecule has 0 bridgehead atoms. The average Bonchev–Trinajstić information content (AvgIpc) is 3.20. The van der Waals surface area contributed by atoms with Gasteiger partial charge in [0.15, 0.2) is 4.96 Å². The number of carbonyl (C=O) groups is 2. The Morgan fingerprint density at radius 2 is 1.96 bits per heavy atom. The number of imidazole rings is 1. The highest BCUT2D eigenvalue weighted by molar-refractivity contribution is 7.15. The van der Waals surface area contributed by atoms with Crippen LogP contribution < -0.4 is 16.4 Å². The normalized spacial score (nSPS) is 10.8. The van der Waals surface area contributed by atoms with Crippen molar-refractivity contribution < 1.29 is 9.59 Å². The van der Waals surface area contributed by atoms with Crippen LogP contribution in [0, 0.1) is 0 Å². The summed E-state index contributed by atoms with van der Waals surface area (Å²) < 4.78 is 1.99. The van der Waals surface area contributed by atoms with Gasteiger partial charge in [-0.3, -0.25) is 9.20 Å². The second kappa shape index (κ2) is 8.48. The van der Waals surface area contributed by atoms with Crippen LogP contribution in [-0.2, 0) is 4.79 Å². The van der Waals surface area contributed by atoms with Crippen LogP contribution in [0.2, 0.25) is 0 Å².